The molecule has 0 saturated heterocycles. The van der Waals surface area contributed by atoms with Gasteiger partial charge >= 0.3 is 0 Å². The first-order valence-corrected chi connectivity index (χ1v) is 7.20. The molecule has 0 aromatic heterocycles. The van der Waals surface area contributed by atoms with Crippen LogP contribution in [-0.4, -0.2) is 43.7 Å². The van der Waals surface area contributed by atoms with Crippen LogP contribution in [0.1, 0.15) is 52.4 Å². The van der Waals surface area contributed by atoms with Crippen LogP contribution in [0, 0.1) is 0 Å². The van der Waals surface area contributed by atoms with Crippen molar-refractivity contribution in [1.29, 1.82) is 0 Å². The number of hydrogen-bond donors (Lipinski definition) is 1. The summed E-state index contributed by atoms with van der Waals surface area (Å²) in [6, 6.07) is -0.367. The Bertz CT molecular complexity index is 202. The van der Waals surface area contributed by atoms with Gasteiger partial charge in [0.2, 0.25) is 5.91 Å². The standard InChI is InChI=1S/C14H30N2O2/c1-4-6-10-16(11-7-5-2)14(17)13(15)9-8-12-18-3/h13H,4-12,15H2,1-3H3. The van der Waals surface area contributed by atoms with E-state index in [1.54, 1.807) is 7.11 Å². The van der Waals surface area contributed by atoms with Crippen LogP contribution in [0.5, 0.6) is 0 Å². The van der Waals surface area contributed by atoms with Gasteiger partial charge in [0.25, 0.3) is 0 Å². The number of amides is 1. The molecule has 0 rings (SSSR count). The van der Waals surface area contributed by atoms with Gasteiger partial charge in [0.15, 0.2) is 0 Å². The van der Waals surface area contributed by atoms with Crippen molar-refractivity contribution >= 4 is 5.91 Å². The van der Waals surface area contributed by atoms with Crippen molar-refractivity contribution in [2.45, 2.75) is 58.4 Å². The molecule has 1 amide bonds. The lowest BCUT2D eigenvalue weighted by atomic mass is 10.1. The lowest BCUT2D eigenvalue weighted by Crippen LogP contribution is -2.44. The molecule has 4 nitrogen and oxygen atoms in total. The fourth-order valence-corrected chi connectivity index (χ4v) is 1.84. The van der Waals surface area contributed by atoms with E-state index in [2.05, 4.69) is 13.8 Å². The Kier molecular flexibility index (Phi) is 11.1. The lowest BCUT2D eigenvalue weighted by molar-refractivity contribution is -0.133. The number of methoxy groups -OCH3 is 1. The zero-order valence-corrected chi connectivity index (χ0v) is 12.3. The molecule has 108 valence electrons. The van der Waals surface area contributed by atoms with E-state index in [1.807, 2.05) is 4.90 Å². The minimum atomic E-state index is -0.367. The van der Waals surface area contributed by atoms with Crippen LogP contribution in [0.2, 0.25) is 0 Å². The molecule has 0 bridgehead atoms. The van der Waals surface area contributed by atoms with E-state index in [0.717, 1.165) is 45.2 Å². The Labute approximate surface area is 112 Å². The zero-order chi connectivity index (χ0) is 13.8. The first kappa shape index (κ1) is 17.4. The third kappa shape index (κ3) is 7.67. The lowest BCUT2D eigenvalue weighted by Gasteiger charge is -2.25. The molecule has 0 aliphatic rings. The molecule has 0 saturated carbocycles. The van der Waals surface area contributed by atoms with E-state index in [4.69, 9.17) is 10.5 Å². The van der Waals surface area contributed by atoms with Crippen molar-refractivity contribution in [2.24, 2.45) is 5.73 Å². The maximum Gasteiger partial charge on any atom is 0.239 e. The average molecular weight is 258 g/mol. The quantitative estimate of drug-likeness (QED) is 0.578. The molecule has 0 aliphatic heterocycles. The summed E-state index contributed by atoms with van der Waals surface area (Å²) in [5.74, 6) is 0.105. The summed E-state index contributed by atoms with van der Waals surface area (Å²) in [5.41, 5.74) is 5.96. The van der Waals surface area contributed by atoms with E-state index < -0.39 is 0 Å². The molecule has 1 unspecified atom stereocenters. The van der Waals surface area contributed by atoms with Gasteiger partial charge in [-0.1, -0.05) is 26.7 Å². The zero-order valence-electron chi connectivity index (χ0n) is 12.3. The van der Waals surface area contributed by atoms with E-state index in [-0.39, 0.29) is 11.9 Å². The van der Waals surface area contributed by atoms with Gasteiger partial charge < -0.3 is 15.4 Å². The highest BCUT2D eigenvalue weighted by Crippen LogP contribution is 2.05. The molecule has 0 spiro atoms. The first-order chi connectivity index (χ1) is 8.67. The second-order valence-corrected chi connectivity index (χ2v) is 4.77. The topological polar surface area (TPSA) is 55.6 Å². The maximum absolute atomic E-state index is 12.2. The summed E-state index contributed by atoms with van der Waals surface area (Å²) in [4.78, 5) is 14.1. The van der Waals surface area contributed by atoms with Gasteiger partial charge in [0.05, 0.1) is 6.04 Å². The number of nitrogens with zero attached hydrogens (tertiary/aromatic N) is 1. The minimum absolute atomic E-state index is 0.105. The van der Waals surface area contributed by atoms with Gasteiger partial charge in [-0.05, 0) is 25.7 Å². The fraction of sp³-hybridized carbons (Fsp3) is 0.929. The minimum Gasteiger partial charge on any atom is -0.385 e. The number of hydrogen-bond acceptors (Lipinski definition) is 3. The van der Waals surface area contributed by atoms with Gasteiger partial charge in [-0.2, -0.15) is 0 Å². The van der Waals surface area contributed by atoms with Crippen molar-refractivity contribution in [3.63, 3.8) is 0 Å². The summed E-state index contributed by atoms with van der Waals surface area (Å²) in [5, 5.41) is 0. The molecular weight excluding hydrogens is 228 g/mol. The number of carbonyl (C=O) groups excluding carboxylic acids is 1. The Morgan fingerprint density at radius 2 is 1.72 bits per heavy atom. The molecule has 0 aliphatic carbocycles. The van der Waals surface area contributed by atoms with Crippen LogP contribution in [-0.2, 0) is 9.53 Å². The van der Waals surface area contributed by atoms with Crippen molar-refractivity contribution in [1.82, 2.24) is 4.90 Å². The molecule has 1 atom stereocenters. The molecule has 0 aromatic carbocycles. The predicted octanol–water partition coefficient (Wildman–Crippen LogP) is 2.17. The largest absolute Gasteiger partial charge is 0.385 e. The van der Waals surface area contributed by atoms with Crippen LogP contribution in [0.25, 0.3) is 0 Å². The average Bonchev–Trinajstić information content (AvgIpc) is 2.38. The van der Waals surface area contributed by atoms with Crippen LogP contribution < -0.4 is 5.73 Å². The van der Waals surface area contributed by atoms with Crippen LogP contribution >= 0.6 is 0 Å². The highest BCUT2D eigenvalue weighted by Gasteiger charge is 2.19. The van der Waals surface area contributed by atoms with Gasteiger partial charge in [-0.3, -0.25) is 4.79 Å². The van der Waals surface area contributed by atoms with Crippen molar-refractivity contribution in [3.05, 3.63) is 0 Å². The van der Waals surface area contributed by atoms with Crippen molar-refractivity contribution in [3.8, 4) is 0 Å². The maximum atomic E-state index is 12.2. The summed E-state index contributed by atoms with van der Waals surface area (Å²) < 4.78 is 4.98. The Morgan fingerprint density at radius 1 is 1.17 bits per heavy atom. The van der Waals surface area contributed by atoms with Crippen LogP contribution in [0.4, 0.5) is 0 Å². The molecule has 0 fully saturated rings. The van der Waals surface area contributed by atoms with Gasteiger partial charge in [-0.15, -0.1) is 0 Å². The summed E-state index contributed by atoms with van der Waals surface area (Å²) in [7, 11) is 1.67. The van der Waals surface area contributed by atoms with E-state index in [0.29, 0.717) is 13.0 Å². The van der Waals surface area contributed by atoms with Gasteiger partial charge in [0.1, 0.15) is 0 Å². The summed E-state index contributed by atoms with van der Waals surface area (Å²) in [6.07, 6.45) is 5.88. The Morgan fingerprint density at radius 3 is 2.17 bits per heavy atom. The second-order valence-electron chi connectivity index (χ2n) is 4.77. The van der Waals surface area contributed by atoms with Crippen LogP contribution in [0.3, 0.4) is 0 Å². The third-order valence-corrected chi connectivity index (χ3v) is 3.06. The molecule has 2 N–H and O–H groups in total. The number of nitrogens with two attached hydrogens (primary N) is 1. The predicted molar refractivity (Wildman–Crippen MR) is 75.5 cm³/mol. The number of carbonyl (C=O) groups is 1. The molecule has 0 radical (unpaired) electrons. The fourth-order valence-electron chi connectivity index (χ4n) is 1.84. The van der Waals surface area contributed by atoms with Gasteiger partial charge in [-0.25, -0.2) is 0 Å². The highest BCUT2D eigenvalue weighted by atomic mass is 16.5. The Hall–Kier alpha value is -0.610. The van der Waals surface area contributed by atoms with Gasteiger partial charge in [0, 0.05) is 26.8 Å². The first-order valence-electron chi connectivity index (χ1n) is 7.20. The van der Waals surface area contributed by atoms with E-state index in [1.165, 1.54) is 0 Å². The highest BCUT2D eigenvalue weighted by molar-refractivity contribution is 5.81. The number of unbranched alkanes of at least 4 members (excludes halogenated alkanes) is 2. The normalized spacial score (nSPS) is 12.4. The molecule has 4 heteroatoms. The van der Waals surface area contributed by atoms with Crippen LogP contribution in [0.15, 0.2) is 0 Å². The molecule has 0 heterocycles. The van der Waals surface area contributed by atoms with E-state index >= 15 is 0 Å². The Balaban J connectivity index is 4.15. The second kappa shape index (κ2) is 11.5. The van der Waals surface area contributed by atoms with Crippen molar-refractivity contribution in [2.75, 3.05) is 26.8 Å². The molecule has 18 heavy (non-hydrogen) atoms. The molecule has 0 aromatic rings. The number of rotatable bonds is 11. The summed E-state index contributed by atoms with van der Waals surface area (Å²) >= 11 is 0. The number of ether oxygens (including phenoxy) is 1. The monoisotopic (exact) mass is 258 g/mol. The van der Waals surface area contributed by atoms with Crippen molar-refractivity contribution < 1.29 is 9.53 Å². The summed E-state index contributed by atoms with van der Waals surface area (Å²) in [6.45, 7) is 6.63. The molecular formula is C14H30N2O2. The van der Waals surface area contributed by atoms with E-state index in [9.17, 15) is 4.79 Å². The SMILES string of the molecule is CCCCN(CCCC)C(=O)C(N)CCCOC. The smallest absolute Gasteiger partial charge is 0.239 e. The third-order valence-electron chi connectivity index (χ3n) is 3.06.